The van der Waals surface area contributed by atoms with E-state index < -0.39 is 0 Å². The van der Waals surface area contributed by atoms with Crippen molar-refractivity contribution >= 4 is 23.2 Å². The molecular formula is C11H15Cl2N5. The summed E-state index contributed by atoms with van der Waals surface area (Å²) < 4.78 is 3.49. The van der Waals surface area contributed by atoms with Gasteiger partial charge in [0.1, 0.15) is 5.69 Å². The molecule has 2 aromatic heterocycles. The lowest BCUT2D eigenvalue weighted by molar-refractivity contribution is 0.599. The first kappa shape index (κ1) is 13.4. The lowest BCUT2D eigenvalue weighted by atomic mass is 10.3. The third kappa shape index (κ3) is 2.52. The highest BCUT2D eigenvalue weighted by Gasteiger charge is 2.14. The molecular weight excluding hydrogens is 273 g/mol. The molecule has 18 heavy (non-hydrogen) atoms. The first-order valence-corrected chi connectivity index (χ1v) is 6.56. The van der Waals surface area contributed by atoms with Crippen molar-refractivity contribution in [2.24, 2.45) is 7.05 Å². The Morgan fingerprint density at radius 3 is 2.72 bits per heavy atom. The molecule has 98 valence electrons. The van der Waals surface area contributed by atoms with Crippen LogP contribution in [-0.2, 0) is 13.6 Å². The molecule has 7 heteroatoms. The summed E-state index contributed by atoms with van der Waals surface area (Å²) in [6, 6.07) is 0. The van der Waals surface area contributed by atoms with E-state index in [0.717, 1.165) is 23.5 Å². The van der Waals surface area contributed by atoms with Gasteiger partial charge >= 0.3 is 0 Å². The van der Waals surface area contributed by atoms with Crippen molar-refractivity contribution in [2.75, 3.05) is 0 Å². The van der Waals surface area contributed by atoms with Crippen LogP contribution in [0.25, 0.3) is 0 Å². The summed E-state index contributed by atoms with van der Waals surface area (Å²) in [6.07, 6.45) is 2.67. The highest BCUT2D eigenvalue weighted by Crippen LogP contribution is 2.23. The number of aryl methyl sites for hydroxylation is 2. The van der Waals surface area contributed by atoms with Gasteiger partial charge in [0.05, 0.1) is 34.5 Å². The van der Waals surface area contributed by atoms with Crippen LogP contribution in [0.15, 0.2) is 6.20 Å². The molecule has 0 saturated carbocycles. The number of aromatic nitrogens is 5. The number of nitrogens with zero attached hydrogens (tertiary/aromatic N) is 5. The van der Waals surface area contributed by atoms with Crippen LogP contribution in [0.3, 0.4) is 0 Å². The van der Waals surface area contributed by atoms with Crippen LogP contribution >= 0.6 is 23.2 Å². The SMILES string of the molecule is CCC(Cl)c1cn(Cc2c(Cl)c(C)nn2C)nn1. The normalized spacial score (nSPS) is 12.9. The predicted molar refractivity (Wildman–Crippen MR) is 71.0 cm³/mol. The maximum absolute atomic E-state index is 6.19. The summed E-state index contributed by atoms with van der Waals surface area (Å²) in [5.41, 5.74) is 2.51. The second-order valence-electron chi connectivity index (χ2n) is 4.19. The van der Waals surface area contributed by atoms with E-state index in [4.69, 9.17) is 23.2 Å². The quantitative estimate of drug-likeness (QED) is 0.813. The molecule has 0 amide bonds. The van der Waals surface area contributed by atoms with E-state index in [1.807, 2.05) is 27.1 Å². The zero-order chi connectivity index (χ0) is 13.3. The van der Waals surface area contributed by atoms with Gasteiger partial charge in [-0.05, 0) is 13.3 Å². The number of hydrogen-bond donors (Lipinski definition) is 0. The van der Waals surface area contributed by atoms with Crippen LogP contribution in [-0.4, -0.2) is 24.8 Å². The van der Waals surface area contributed by atoms with Gasteiger partial charge in [-0.15, -0.1) is 16.7 Å². The standard InChI is InChI=1S/C11H15Cl2N5/c1-4-8(12)9-5-18(16-14-9)6-10-11(13)7(2)15-17(10)3/h5,8H,4,6H2,1-3H3. The minimum atomic E-state index is -0.0949. The Hall–Kier alpha value is -1.07. The van der Waals surface area contributed by atoms with Gasteiger partial charge in [-0.1, -0.05) is 23.7 Å². The minimum Gasteiger partial charge on any atom is -0.269 e. The molecule has 0 fully saturated rings. The Morgan fingerprint density at radius 2 is 2.17 bits per heavy atom. The van der Waals surface area contributed by atoms with Crippen LogP contribution in [0, 0.1) is 6.92 Å². The van der Waals surface area contributed by atoms with Crippen molar-refractivity contribution in [3.05, 3.63) is 28.3 Å². The van der Waals surface area contributed by atoms with Gasteiger partial charge in [-0.2, -0.15) is 5.10 Å². The minimum absolute atomic E-state index is 0.0949. The van der Waals surface area contributed by atoms with Gasteiger partial charge in [0.25, 0.3) is 0 Å². The zero-order valence-corrected chi connectivity index (χ0v) is 12.1. The van der Waals surface area contributed by atoms with E-state index in [-0.39, 0.29) is 5.38 Å². The molecule has 0 aliphatic rings. The van der Waals surface area contributed by atoms with Crippen molar-refractivity contribution in [1.82, 2.24) is 24.8 Å². The predicted octanol–water partition coefficient (Wildman–Crippen LogP) is 2.71. The highest BCUT2D eigenvalue weighted by atomic mass is 35.5. The van der Waals surface area contributed by atoms with E-state index >= 15 is 0 Å². The fraction of sp³-hybridized carbons (Fsp3) is 0.545. The smallest absolute Gasteiger partial charge is 0.101 e. The third-order valence-corrected chi connectivity index (χ3v) is 3.83. The molecule has 5 nitrogen and oxygen atoms in total. The Morgan fingerprint density at radius 1 is 1.44 bits per heavy atom. The summed E-state index contributed by atoms with van der Waals surface area (Å²) in [5, 5.41) is 13.0. The first-order valence-electron chi connectivity index (χ1n) is 5.75. The number of halogens is 2. The molecule has 2 heterocycles. The maximum atomic E-state index is 6.19. The van der Waals surface area contributed by atoms with Gasteiger partial charge in [-0.25, -0.2) is 4.68 Å². The van der Waals surface area contributed by atoms with E-state index in [1.165, 1.54) is 0 Å². The summed E-state index contributed by atoms with van der Waals surface area (Å²) in [6.45, 7) is 4.43. The number of alkyl halides is 1. The molecule has 0 N–H and O–H groups in total. The van der Waals surface area contributed by atoms with Crippen LogP contribution < -0.4 is 0 Å². The van der Waals surface area contributed by atoms with Crippen LogP contribution in [0.2, 0.25) is 5.02 Å². The van der Waals surface area contributed by atoms with Crippen LogP contribution in [0.5, 0.6) is 0 Å². The summed E-state index contributed by atoms with van der Waals surface area (Å²) in [7, 11) is 1.86. The molecule has 0 bridgehead atoms. The van der Waals surface area contributed by atoms with Crippen LogP contribution in [0.1, 0.15) is 35.8 Å². The van der Waals surface area contributed by atoms with E-state index in [0.29, 0.717) is 11.6 Å². The Bertz CT molecular complexity index is 546. The third-order valence-electron chi connectivity index (χ3n) is 2.81. The molecule has 0 spiro atoms. The highest BCUT2D eigenvalue weighted by molar-refractivity contribution is 6.31. The fourth-order valence-corrected chi connectivity index (χ4v) is 2.07. The molecule has 2 rings (SSSR count). The van der Waals surface area contributed by atoms with Gasteiger partial charge in [-0.3, -0.25) is 4.68 Å². The monoisotopic (exact) mass is 287 g/mol. The van der Waals surface area contributed by atoms with Crippen molar-refractivity contribution < 1.29 is 0 Å². The summed E-state index contributed by atoms with van der Waals surface area (Å²) in [5.74, 6) is 0. The van der Waals surface area contributed by atoms with Gasteiger partial charge in [0, 0.05) is 7.05 Å². The molecule has 0 radical (unpaired) electrons. The largest absolute Gasteiger partial charge is 0.269 e. The second-order valence-corrected chi connectivity index (χ2v) is 5.09. The average molecular weight is 288 g/mol. The first-order chi connectivity index (χ1) is 8.52. The molecule has 0 aliphatic heterocycles. The topological polar surface area (TPSA) is 48.5 Å². The summed E-state index contributed by atoms with van der Waals surface area (Å²) >= 11 is 12.3. The van der Waals surface area contributed by atoms with E-state index in [9.17, 15) is 0 Å². The summed E-state index contributed by atoms with van der Waals surface area (Å²) in [4.78, 5) is 0. The zero-order valence-electron chi connectivity index (χ0n) is 10.6. The Kier molecular flexibility index (Phi) is 3.92. The lowest BCUT2D eigenvalue weighted by Gasteiger charge is -2.02. The average Bonchev–Trinajstić information content (AvgIpc) is 2.90. The van der Waals surface area contributed by atoms with Crippen molar-refractivity contribution in [2.45, 2.75) is 32.2 Å². The molecule has 2 aromatic rings. The Labute approximate surface area is 116 Å². The van der Waals surface area contributed by atoms with Crippen molar-refractivity contribution in [3.8, 4) is 0 Å². The maximum Gasteiger partial charge on any atom is 0.101 e. The Balaban J connectivity index is 2.21. The second kappa shape index (κ2) is 5.28. The number of hydrogen-bond acceptors (Lipinski definition) is 3. The fourth-order valence-electron chi connectivity index (χ4n) is 1.75. The van der Waals surface area contributed by atoms with Gasteiger partial charge in [0.2, 0.25) is 0 Å². The molecule has 1 atom stereocenters. The van der Waals surface area contributed by atoms with Crippen molar-refractivity contribution in [3.63, 3.8) is 0 Å². The van der Waals surface area contributed by atoms with E-state index in [1.54, 1.807) is 9.36 Å². The molecule has 0 saturated heterocycles. The molecule has 0 aromatic carbocycles. The van der Waals surface area contributed by atoms with Gasteiger partial charge < -0.3 is 0 Å². The van der Waals surface area contributed by atoms with Crippen molar-refractivity contribution in [1.29, 1.82) is 0 Å². The lowest BCUT2D eigenvalue weighted by Crippen LogP contribution is -2.06. The number of rotatable bonds is 4. The molecule has 1 unspecified atom stereocenters. The van der Waals surface area contributed by atoms with Gasteiger partial charge in [0.15, 0.2) is 0 Å². The molecule has 0 aliphatic carbocycles. The van der Waals surface area contributed by atoms with Crippen LogP contribution in [0.4, 0.5) is 0 Å². The van der Waals surface area contributed by atoms with E-state index in [2.05, 4.69) is 15.4 Å².